The lowest BCUT2D eigenvalue weighted by molar-refractivity contribution is 0.102. The van der Waals surface area contributed by atoms with E-state index in [-0.39, 0.29) is 16.5 Å². The molecule has 30 heavy (non-hydrogen) atoms. The van der Waals surface area contributed by atoms with Crippen LogP contribution in [0.5, 0.6) is 0 Å². The Bertz CT molecular complexity index is 1350. The summed E-state index contributed by atoms with van der Waals surface area (Å²) in [5, 5.41) is 14.8. The number of rotatable bonds is 4. The normalized spacial score (nSPS) is 16.0. The number of fused-ring (bicyclic) bond motifs is 2. The van der Waals surface area contributed by atoms with Crippen molar-refractivity contribution in [3.8, 4) is 0 Å². The molecule has 0 saturated heterocycles. The van der Waals surface area contributed by atoms with Crippen LogP contribution in [0.25, 0.3) is 4.96 Å². The number of anilines is 2. The summed E-state index contributed by atoms with van der Waals surface area (Å²) in [5.41, 5.74) is 1.90. The van der Waals surface area contributed by atoms with Gasteiger partial charge >= 0.3 is 0 Å². The van der Waals surface area contributed by atoms with Crippen LogP contribution in [0.1, 0.15) is 22.8 Å². The van der Waals surface area contributed by atoms with E-state index in [0.29, 0.717) is 22.2 Å². The summed E-state index contributed by atoms with van der Waals surface area (Å²) in [6.45, 7) is 1.88. The van der Waals surface area contributed by atoms with Gasteiger partial charge in [0.25, 0.3) is 15.9 Å². The van der Waals surface area contributed by atoms with Crippen LogP contribution in [0, 0.1) is 0 Å². The third-order valence-corrected chi connectivity index (χ3v) is 7.66. The SMILES string of the molecule is C[C@H]1Cc2ccccc2N1S(=O)(=O)c1cccc(C(=O)Nc2nn3cnnc3s2)c1. The minimum Gasteiger partial charge on any atom is -0.296 e. The van der Waals surface area contributed by atoms with Crippen LogP contribution < -0.4 is 9.62 Å². The molecule has 11 heteroatoms. The number of benzene rings is 2. The Morgan fingerprint density at radius 3 is 2.87 bits per heavy atom. The molecule has 2 aromatic heterocycles. The van der Waals surface area contributed by atoms with Crippen molar-refractivity contribution in [2.75, 3.05) is 9.62 Å². The van der Waals surface area contributed by atoms with E-state index >= 15 is 0 Å². The number of carbonyl (C=O) groups excluding carboxylic acids is 1. The Hall–Kier alpha value is -3.31. The topological polar surface area (TPSA) is 110 Å². The number of sulfonamides is 1. The molecule has 5 rings (SSSR count). The van der Waals surface area contributed by atoms with Crippen LogP contribution in [-0.2, 0) is 16.4 Å². The van der Waals surface area contributed by atoms with Crippen LogP contribution >= 0.6 is 11.3 Å². The van der Waals surface area contributed by atoms with E-state index in [1.165, 1.54) is 38.6 Å². The zero-order chi connectivity index (χ0) is 20.9. The van der Waals surface area contributed by atoms with Gasteiger partial charge in [0.15, 0.2) is 0 Å². The van der Waals surface area contributed by atoms with E-state index in [1.54, 1.807) is 18.2 Å². The van der Waals surface area contributed by atoms with Crippen LogP contribution in [0.15, 0.2) is 59.8 Å². The lowest BCUT2D eigenvalue weighted by atomic mass is 10.1. The standard InChI is InChI=1S/C19H16N6O3S2/c1-12-9-13-5-2-3-8-16(13)25(12)30(27,28)15-7-4-6-14(10-15)17(26)21-18-23-24-11-20-22-19(24)29-18/h2-8,10-12H,9H2,1H3,(H,21,23,26)/t12-/m0/s1. The van der Waals surface area contributed by atoms with Gasteiger partial charge in [0.2, 0.25) is 10.1 Å². The third-order valence-electron chi connectivity index (χ3n) is 4.91. The van der Waals surface area contributed by atoms with Gasteiger partial charge in [-0.25, -0.2) is 8.42 Å². The third kappa shape index (κ3) is 3.02. The molecule has 0 aliphatic carbocycles. The molecule has 1 aliphatic heterocycles. The molecule has 4 aromatic rings. The fourth-order valence-electron chi connectivity index (χ4n) is 3.59. The van der Waals surface area contributed by atoms with Gasteiger partial charge < -0.3 is 0 Å². The monoisotopic (exact) mass is 440 g/mol. The van der Waals surface area contributed by atoms with Crippen molar-refractivity contribution in [1.82, 2.24) is 19.8 Å². The number of nitrogens with one attached hydrogen (secondary N) is 1. The van der Waals surface area contributed by atoms with Gasteiger partial charge in [-0.3, -0.25) is 14.4 Å². The Morgan fingerprint density at radius 1 is 1.20 bits per heavy atom. The number of carbonyl (C=O) groups is 1. The lowest BCUT2D eigenvalue weighted by Crippen LogP contribution is -2.35. The first-order valence-corrected chi connectivity index (χ1v) is 11.4. The molecule has 152 valence electrons. The molecule has 0 spiro atoms. The summed E-state index contributed by atoms with van der Waals surface area (Å²) in [6.07, 6.45) is 2.08. The highest BCUT2D eigenvalue weighted by Crippen LogP contribution is 2.36. The van der Waals surface area contributed by atoms with Crippen LogP contribution in [0.3, 0.4) is 0 Å². The van der Waals surface area contributed by atoms with E-state index in [0.717, 1.165) is 5.56 Å². The minimum absolute atomic E-state index is 0.0665. The summed E-state index contributed by atoms with van der Waals surface area (Å²) in [7, 11) is -3.82. The molecule has 1 N–H and O–H groups in total. The van der Waals surface area contributed by atoms with E-state index in [9.17, 15) is 13.2 Å². The van der Waals surface area contributed by atoms with Crippen molar-refractivity contribution in [2.45, 2.75) is 24.3 Å². The Balaban J connectivity index is 1.45. The van der Waals surface area contributed by atoms with Gasteiger partial charge in [-0.1, -0.05) is 35.6 Å². The molecule has 2 aromatic carbocycles. The predicted molar refractivity (Wildman–Crippen MR) is 112 cm³/mol. The zero-order valence-electron chi connectivity index (χ0n) is 15.8. The van der Waals surface area contributed by atoms with Gasteiger partial charge in [-0.15, -0.1) is 15.3 Å². The molecule has 1 aliphatic rings. The van der Waals surface area contributed by atoms with Crippen molar-refractivity contribution in [2.24, 2.45) is 0 Å². The second-order valence-corrected chi connectivity index (χ2v) is 9.70. The van der Waals surface area contributed by atoms with Crippen LogP contribution in [0.2, 0.25) is 0 Å². The van der Waals surface area contributed by atoms with Crippen LogP contribution in [0.4, 0.5) is 10.8 Å². The number of hydrogen-bond donors (Lipinski definition) is 1. The second kappa shape index (κ2) is 6.89. The molecule has 0 saturated carbocycles. The molecule has 1 amide bonds. The van der Waals surface area contributed by atoms with Crippen LogP contribution in [-0.4, -0.2) is 40.2 Å². The van der Waals surface area contributed by atoms with Gasteiger partial charge in [-0.2, -0.15) is 4.52 Å². The summed E-state index contributed by atoms with van der Waals surface area (Å²) in [6, 6.07) is 13.3. The molecule has 0 bridgehead atoms. The largest absolute Gasteiger partial charge is 0.296 e. The van der Waals surface area contributed by atoms with E-state index in [4.69, 9.17) is 0 Å². The van der Waals surface area contributed by atoms with Crippen molar-refractivity contribution < 1.29 is 13.2 Å². The zero-order valence-corrected chi connectivity index (χ0v) is 17.4. The molecule has 0 radical (unpaired) electrons. The van der Waals surface area contributed by atoms with E-state index in [2.05, 4.69) is 20.6 Å². The number of hydrogen-bond acceptors (Lipinski definition) is 7. The summed E-state index contributed by atoms with van der Waals surface area (Å²) < 4.78 is 29.7. The Morgan fingerprint density at radius 2 is 2.03 bits per heavy atom. The van der Waals surface area contributed by atoms with E-state index < -0.39 is 15.9 Å². The molecule has 3 heterocycles. The maximum absolute atomic E-state index is 13.4. The molecule has 9 nitrogen and oxygen atoms in total. The average Bonchev–Trinajstić information content (AvgIpc) is 3.40. The maximum Gasteiger partial charge on any atom is 0.264 e. The van der Waals surface area contributed by atoms with Crippen molar-refractivity contribution in [3.63, 3.8) is 0 Å². The van der Waals surface area contributed by atoms with Crippen molar-refractivity contribution in [3.05, 3.63) is 66.0 Å². The van der Waals surface area contributed by atoms with Gasteiger partial charge in [0.1, 0.15) is 6.33 Å². The Labute approximate surface area is 176 Å². The number of aromatic nitrogens is 4. The summed E-state index contributed by atoms with van der Waals surface area (Å²) in [4.78, 5) is 13.3. The smallest absolute Gasteiger partial charge is 0.264 e. The quantitative estimate of drug-likeness (QED) is 0.522. The molecule has 0 fully saturated rings. The predicted octanol–water partition coefficient (Wildman–Crippen LogP) is 2.58. The first-order valence-electron chi connectivity index (χ1n) is 9.14. The minimum atomic E-state index is -3.82. The molecular formula is C19H16N6O3S2. The highest BCUT2D eigenvalue weighted by atomic mass is 32.2. The highest BCUT2D eigenvalue weighted by molar-refractivity contribution is 7.92. The fourth-order valence-corrected chi connectivity index (χ4v) is 6.05. The van der Waals surface area contributed by atoms with Gasteiger partial charge in [0, 0.05) is 11.6 Å². The molecular weight excluding hydrogens is 424 g/mol. The maximum atomic E-state index is 13.4. The number of nitrogens with zero attached hydrogens (tertiary/aromatic N) is 5. The summed E-state index contributed by atoms with van der Waals surface area (Å²) in [5.74, 6) is -0.452. The first-order chi connectivity index (χ1) is 14.4. The fraction of sp³-hybridized carbons (Fsp3) is 0.158. The van der Waals surface area contributed by atoms with Gasteiger partial charge in [0.05, 0.1) is 10.6 Å². The number of para-hydroxylation sites is 1. The van der Waals surface area contributed by atoms with Crippen molar-refractivity contribution >= 4 is 43.0 Å². The Kier molecular flexibility index (Phi) is 4.29. The molecule has 0 unspecified atom stereocenters. The number of amides is 1. The second-order valence-electron chi connectivity index (χ2n) is 6.93. The molecule has 1 atom stereocenters. The van der Waals surface area contributed by atoms with Crippen molar-refractivity contribution in [1.29, 1.82) is 0 Å². The first kappa shape index (κ1) is 18.7. The highest BCUT2D eigenvalue weighted by Gasteiger charge is 2.36. The van der Waals surface area contributed by atoms with E-state index in [1.807, 2.05) is 25.1 Å². The average molecular weight is 441 g/mol. The van der Waals surface area contributed by atoms with Gasteiger partial charge in [-0.05, 0) is 43.2 Å². The lowest BCUT2D eigenvalue weighted by Gasteiger charge is -2.24. The summed E-state index contributed by atoms with van der Waals surface area (Å²) >= 11 is 1.17.